The summed E-state index contributed by atoms with van der Waals surface area (Å²) in [5.41, 5.74) is -0.743. The highest BCUT2D eigenvalue weighted by Crippen LogP contribution is 2.31. The summed E-state index contributed by atoms with van der Waals surface area (Å²) in [5, 5.41) is 17.8. The minimum atomic E-state index is -3.80. The van der Waals surface area contributed by atoms with E-state index in [2.05, 4.69) is 10.3 Å². The molecule has 1 aliphatic rings. The molecule has 0 spiro atoms. The van der Waals surface area contributed by atoms with E-state index in [0.29, 0.717) is 0 Å². The Morgan fingerprint density at radius 1 is 1.53 bits per heavy atom. The topological polar surface area (TPSA) is 105 Å². The summed E-state index contributed by atoms with van der Waals surface area (Å²) in [6.45, 7) is 0.284. The molecule has 0 atom stereocenters. The van der Waals surface area contributed by atoms with Crippen LogP contribution in [0.4, 0.5) is 5.82 Å². The molecule has 0 saturated heterocycles. The minimum Gasteiger partial charge on any atom is -0.388 e. The van der Waals surface area contributed by atoms with Gasteiger partial charge in [-0.3, -0.25) is 0 Å². The van der Waals surface area contributed by atoms with E-state index in [1.807, 2.05) is 0 Å². The third-order valence-corrected chi connectivity index (χ3v) is 3.89. The Labute approximate surface area is 99.9 Å². The number of aliphatic hydroxyl groups is 1. The van der Waals surface area contributed by atoms with Gasteiger partial charge >= 0.3 is 0 Å². The largest absolute Gasteiger partial charge is 0.388 e. The van der Waals surface area contributed by atoms with Crippen molar-refractivity contribution in [3.63, 3.8) is 0 Å². The van der Waals surface area contributed by atoms with Crippen LogP contribution in [0.1, 0.15) is 19.3 Å². The molecule has 6 nitrogen and oxygen atoms in total. The fourth-order valence-electron chi connectivity index (χ4n) is 1.76. The van der Waals surface area contributed by atoms with Crippen LogP contribution in [0, 0.1) is 0 Å². The number of aromatic nitrogens is 1. The lowest BCUT2D eigenvalue weighted by atomic mass is 9.80. The Bertz CT molecular complexity index is 511. The number of nitrogens with one attached hydrogen (secondary N) is 1. The summed E-state index contributed by atoms with van der Waals surface area (Å²) >= 11 is 0. The molecule has 4 N–H and O–H groups in total. The molecule has 0 radical (unpaired) electrons. The first-order valence-corrected chi connectivity index (χ1v) is 6.89. The Kier molecular flexibility index (Phi) is 3.07. The van der Waals surface area contributed by atoms with Gasteiger partial charge in [-0.25, -0.2) is 18.5 Å². The zero-order valence-corrected chi connectivity index (χ0v) is 10.1. The molecule has 7 heteroatoms. The number of nitrogens with zero attached hydrogens (tertiary/aromatic N) is 1. The fourth-order valence-corrected chi connectivity index (χ4v) is 2.43. The molecule has 0 unspecified atom stereocenters. The van der Waals surface area contributed by atoms with Gasteiger partial charge < -0.3 is 10.4 Å². The van der Waals surface area contributed by atoms with Gasteiger partial charge in [0.25, 0.3) is 0 Å². The van der Waals surface area contributed by atoms with Crippen LogP contribution in [0.2, 0.25) is 0 Å². The van der Waals surface area contributed by atoms with Crippen LogP contribution in [0.5, 0.6) is 0 Å². The van der Waals surface area contributed by atoms with Crippen LogP contribution in [-0.4, -0.2) is 30.7 Å². The summed E-state index contributed by atoms with van der Waals surface area (Å²) in [5.74, 6) is 0.190. The molecule has 0 amide bonds. The van der Waals surface area contributed by atoms with E-state index in [0.717, 1.165) is 19.3 Å². The van der Waals surface area contributed by atoms with Gasteiger partial charge in [0.1, 0.15) is 10.7 Å². The van der Waals surface area contributed by atoms with Gasteiger partial charge in [0.05, 0.1) is 5.60 Å². The SMILES string of the molecule is NS(=O)(=O)c1cccnc1NCC1(O)CCC1. The molecule has 2 rings (SSSR count). The Balaban J connectivity index is 2.16. The first-order valence-electron chi connectivity index (χ1n) is 5.35. The molecule has 0 aromatic carbocycles. The molecule has 0 bridgehead atoms. The number of pyridine rings is 1. The second-order valence-electron chi connectivity index (χ2n) is 4.33. The molecule has 0 aliphatic heterocycles. The van der Waals surface area contributed by atoms with Crippen molar-refractivity contribution in [2.75, 3.05) is 11.9 Å². The van der Waals surface area contributed by atoms with Gasteiger partial charge in [-0.1, -0.05) is 0 Å². The van der Waals surface area contributed by atoms with Crippen LogP contribution in [0.15, 0.2) is 23.2 Å². The van der Waals surface area contributed by atoms with Crippen molar-refractivity contribution in [1.82, 2.24) is 4.98 Å². The van der Waals surface area contributed by atoms with Gasteiger partial charge in [-0.05, 0) is 31.4 Å². The zero-order chi connectivity index (χ0) is 12.5. The molecule has 1 aromatic heterocycles. The smallest absolute Gasteiger partial charge is 0.241 e. The average Bonchev–Trinajstić information content (AvgIpc) is 2.23. The molecule has 1 aromatic rings. The van der Waals surface area contributed by atoms with E-state index in [1.54, 1.807) is 0 Å². The van der Waals surface area contributed by atoms with Gasteiger partial charge in [0.15, 0.2) is 0 Å². The lowest BCUT2D eigenvalue weighted by Gasteiger charge is -2.36. The standard InChI is InChI=1S/C10H15N3O3S/c11-17(15,16)8-3-1-6-12-9(8)13-7-10(14)4-2-5-10/h1,3,6,14H,2,4-5,7H2,(H,12,13)(H2,11,15,16). The predicted molar refractivity (Wildman–Crippen MR) is 62.9 cm³/mol. The summed E-state index contributed by atoms with van der Waals surface area (Å²) in [4.78, 5) is 3.87. The highest BCUT2D eigenvalue weighted by atomic mass is 32.2. The molecule has 1 fully saturated rings. The quantitative estimate of drug-likeness (QED) is 0.707. The van der Waals surface area contributed by atoms with Gasteiger partial charge in [-0.2, -0.15) is 0 Å². The number of anilines is 1. The summed E-state index contributed by atoms with van der Waals surface area (Å²) in [6, 6.07) is 2.89. The molecule has 17 heavy (non-hydrogen) atoms. The molecule has 94 valence electrons. The molecular formula is C10H15N3O3S. The van der Waals surface area contributed by atoms with E-state index in [1.165, 1.54) is 18.3 Å². The van der Waals surface area contributed by atoms with Crippen LogP contribution in [0.3, 0.4) is 0 Å². The Hall–Kier alpha value is -1.18. The number of hydrogen-bond acceptors (Lipinski definition) is 5. The number of hydrogen-bond donors (Lipinski definition) is 3. The van der Waals surface area contributed by atoms with Crippen LogP contribution < -0.4 is 10.5 Å². The third-order valence-electron chi connectivity index (χ3n) is 2.95. The monoisotopic (exact) mass is 257 g/mol. The second kappa shape index (κ2) is 4.25. The van der Waals surface area contributed by atoms with Crippen molar-refractivity contribution < 1.29 is 13.5 Å². The van der Waals surface area contributed by atoms with Crippen LogP contribution >= 0.6 is 0 Å². The van der Waals surface area contributed by atoms with Gasteiger partial charge in [0, 0.05) is 12.7 Å². The fraction of sp³-hybridized carbons (Fsp3) is 0.500. The lowest BCUT2D eigenvalue weighted by molar-refractivity contribution is -0.0203. The highest BCUT2D eigenvalue weighted by Gasteiger charge is 2.34. The van der Waals surface area contributed by atoms with Gasteiger partial charge in [-0.15, -0.1) is 0 Å². The maximum atomic E-state index is 11.3. The van der Waals surface area contributed by atoms with Crippen molar-refractivity contribution in [3.05, 3.63) is 18.3 Å². The molecule has 1 saturated carbocycles. The van der Waals surface area contributed by atoms with Crippen LogP contribution in [0.25, 0.3) is 0 Å². The van der Waals surface area contributed by atoms with E-state index >= 15 is 0 Å². The molecular weight excluding hydrogens is 242 g/mol. The second-order valence-corrected chi connectivity index (χ2v) is 5.86. The van der Waals surface area contributed by atoms with Crippen molar-refractivity contribution in [1.29, 1.82) is 0 Å². The number of nitrogens with two attached hydrogens (primary N) is 1. The number of sulfonamides is 1. The first kappa shape index (κ1) is 12.3. The first-order chi connectivity index (χ1) is 7.91. The maximum absolute atomic E-state index is 11.3. The van der Waals surface area contributed by atoms with E-state index in [9.17, 15) is 13.5 Å². The van der Waals surface area contributed by atoms with Crippen molar-refractivity contribution in [2.24, 2.45) is 5.14 Å². The normalized spacial score (nSPS) is 18.5. The van der Waals surface area contributed by atoms with Crippen molar-refractivity contribution in [2.45, 2.75) is 29.8 Å². The Morgan fingerprint density at radius 3 is 2.76 bits per heavy atom. The van der Waals surface area contributed by atoms with E-state index < -0.39 is 15.6 Å². The minimum absolute atomic E-state index is 0.0528. The number of rotatable bonds is 4. The van der Waals surface area contributed by atoms with Crippen molar-refractivity contribution in [3.8, 4) is 0 Å². The third kappa shape index (κ3) is 2.74. The molecule has 1 heterocycles. The number of primary sulfonamides is 1. The summed E-state index contributed by atoms with van der Waals surface area (Å²) < 4.78 is 22.6. The summed E-state index contributed by atoms with van der Waals surface area (Å²) in [7, 11) is -3.80. The average molecular weight is 257 g/mol. The maximum Gasteiger partial charge on any atom is 0.241 e. The highest BCUT2D eigenvalue weighted by molar-refractivity contribution is 7.89. The van der Waals surface area contributed by atoms with Gasteiger partial charge in [0.2, 0.25) is 10.0 Å². The molecule has 1 aliphatic carbocycles. The predicted octanol–water partition coefficient (Wildman–Crippen LogP) is 0.0559. The summed E-state index contributed by atoms with van der Waals surface area (Å²) in [6.07, 6.45) is 3.90. The lowest BCUT2D eigenvalue weighted by Crippen LogP contribution is -2.43. The Morgan fingerprint density at radius 2 is 2.24 bits per heavy atom. The van der Waals surface area contributed by atoms with E-state index in [-0.39, 0.29) is 17.3 Å². The van der Waals surface area contributed by atoms with E-state index in [4.69, 9.17) is 5.14 Å². The van der Waals surface area contributed by atoms with Crippen molar-refractivity contribution >= 4 is 15.8 Å². The zero-order valence-electron chi connectivity index (χ0n) is 9.26. The van der Waals surface area contributed by atoms with Crippen LogP contribution in [-0.2, 0) is 10.0 Å².